The molecule has 1 aromatic carbocycles. The summed E-state index contributed by atoms with van der Waals surface area (Å²) in [6, 6.07) is 8.60. The van der Waals surface area contributed by atoms with Crippen molar-refractivity contribution in [2.45, 2.75) is 19.3 Å². The molecule has 1 aliphatic rings. The third kappa shape index (κ3) is 4.28. The van der Waals surface area contributed by atoms with Crippen LogP contribution in [-0.4, -0.2) is 37.5 Å². The van der Waals surface area contributed by atoms with E-state index < -0.39 is 10.0 Å². The molecule has 1 amide bonds. The molecule has 2 rings (SSSR count). The van der Waals surface area contributed by atoms with E-state index in [2.05, 4.69) is 5.32 Å². The van der Waals surface area contributed by atoms with Crippen LogP contribution in [0.25, 0.3) is 0 Å². The van der Waals surface area contributed by atoms with E-state index in [4.69, 9.17) is 5.26 Å². The first-order valence-electron chi connectivity index (χ1n) is 6.79. The van der Waals surface area contributed by atoms with Crippen LogP contribution in [0.15, 0.2) is 24.3 Å². The third-order valence-corrected chi connectivity index (χ3v) is 5.27. The first-order chi connectivity index (χ1) is 10.0. The van der Waals surface area contributed by atoms with E-state index in [1.807, 2.05) is 6.07 Å². The highest BCUT2D eigenvalue weighted by Gasteiger charge is 2.25. The van der Waals surface area contributed by atoms with Crippen molar-refractivity contribution in [3.8, 4) is 6.07 Å². The normalized spacial score (nSPS) is 17.9. The molecule has 0 aromatic heterocycles. The molecule has 112 valence electrons. The number of nitriles is 1. The second kappa shape index (κ2) is 6.70. The van der Waals surface area contributed by atoms with Gasteiger partial charge in [0.05, 0.1) is 17.4 Å². The molecule has 1 saturated heterocycles. The first-order valence-corrected chi connectivity index (χ1v) is 8.40. The number of anilines is 1. The Balaban J connectivity index is 1.89. The SMILES string of the molecule is N#Cc1cccc(NC(=O)CCN2CCCCS2(=O)=O)c1. The lowest BCUT2D eigenvalue weighted by Gasteiger charge is -2.25. The van der Waals surface area contributed by atoms with Gasteiger partial charge in [-0.1, -0.05) is 6.07 Å². The van der Waals surface area contributed by atoms with Gasteiger partial charge in [0.2, 0.25) is 15.9 Å². The van der Waals surface area contributed by atoms with E-state index in [9.17, 15) is 13.2 Å². The molecule has 1 aliphatic heterocycles. The molecule has 1 N–H and O–H groups in total. The predicted octanol–water partition coefficient (Wildman–Crippen LogP) is 1.31. The fourth-order valence-electron chi connectivity index (χ4n) is 2.21. The van der Waals surface area contributed by atoms with Gasteiger partial charge >= 0.3 is 0 Å². The van der Waals surface area contributed by atoms with Gasteiger partial charge in [0.15, 0.2) is 0 Å². The number of amides is 1. The molecule has 7 heteroatoms. The molecule has 0 radical (unpaired) electrons. The van der Waals surface area contributed by atoms with Crippen molar-refractivity contribution in [3.63, 3.8) is 0 Å². The zero-order valence-electron chi connectivity index (χ0n) is 11.6. The molecule has 0 saturated carbocycles. The van der Waals surface area contributed by atoms with Gasteiger partial charge < -0.3 is 5.32 Å². The highest BCUT2D eigenvalue weighted by atomic mass is 32.2. The summed E-state index contributed by atoms with van der Waals surface area (Å²) in [7, 11) is -3.19. The lowest BCUT2D eigenvalue weighted by atomic mass is 10.2. The van der Waals surface area contributed by atoms with Gasteiger partial charge in [0, 0.05) is 25.2 Å². The minimum atomic E-state index is -3.19. The number of rotatable bonds is 4. The van der Waals surface area contributed by atoms with Crippen molar-refractivity contribution >= 4 is 21.6 Å². The maximum Gasteiger partial charge on any atom is 0.225 e. The third-order valence-electron chi connectivity index (χ3n) is 3.32. The summed E-state index contributed by atoms with van der Waals surface area (Å²) < 4.78 is 25.0. The van der Waals surface area contributed by atoms with Crippen molar-refractivity contribution in [1.29, 1.82) is 5.26 Å². The number of nitrogens with one attached hydrogen (secondary N) is 1. The number of sulfonamides is 1. The molecule has 0 unspecified atom stereocenters. The molecule has 0 atom stereocenters. The van der Waals surface area contributed by atoms with Crippen LogP contribution in [0.4, 0.5) is 5.69 Å². The van der Waals surface area contributed by atoms with Gasteiger partial charge in [0.25, 0.3) is 0 Å². The van der Waals surface area contributed by atoms with Crippen molar-refractivity contribution in [2.24, 2.45) is 0 Å². The second-order valence-corrected chi connectivity index (χ2v) is 7.00. The largest absolute Gasteiger partial charge is 0.326 e. The zero-order valence-corrected chi connectivity index (χ0v) is 12.4. The number of hydrogen-bond acceptors (Lipinski definition) is 4. The lowest BCUT2D eigenvalue weighted by Crippen LogP contribution is -2.39. The van der Waals surface area contributed by atoms with Crippen LogP contribution in [0.1, 0.15) is 24.8 Å². The fraction of sp³-hybridized carbons (Fsp3) is 0.429. The van der Waals surface area contributed by atoms with Crippen LogP contribution < -0.4 is 5.32 Å². The van der Waals surface area contributed by atoms with Crippen LogP contribution in [-0.2, 0) is 14.8 Å². The van der Waals surface area contributed by atoms with Crippen molar-refractivity contribution in [1.82, 2.24) is 4.31 Å². The summed E-state index contributed by atoms with van der Waals surface area (Å²) in [6.07, 6.45) is 1.63. The van der Waals surface area contributed by atoms with Crippen molar-refractivity contribution < 1.29 is 13.2 Å². The summed E-state index contributed by atoms with van der Waals surface area (Å²) in [6.45, 7) is 0.686. The quantitative estimate of drug-likeness (QED) is 0.908. The van der Waals surface area contributed by atoms with Gasteiger partial charge in [-0.2, -0.15) is 5.26 Å². The summed E-state index contributed by atoms with van der Waals surface area (Å²) in [5.74, 6) is -0.0930. The Morgan fingerprint density at radius 3 is 2.90 bits per heavy atom. The van der Waals surface area contributed by atoms with Gasteiger partial charge in [-0.3, -0.25) is 4.79 Å². The maximum absolute atomic E-state index is 11.9. The van der Waals surface area contributed by atoms with E-state index in [1.165, 1.54) is 4.31 Å². The smallest absolute Gasteiger partial charge is 0.225 e. The van der Waals surface area contributed by atoms with E-state index in [0.29, 0.717) is 24.2 Å². The Hall–Kier alpha value is -1.91. The predicted molar refractivity (Wildman–Crippen MR) is 79.0 cm³/mol. The zero-order chi connectivity index (χ0) is 15.3. The molecule has 21 heavy (non-hydrogen) atoms. The molecule has 1 fully saturated rings. The Morgan fingerprint density at radius 1 is 1.38 bits per heavy atom. The minimum absolute atomic E-state index is 0.107. The van der Waals surface area contributed by atoms with Crippen LogP contribution in [0.3, 0.4) is 0 Å². The Bertz CT molecular complexity index is 664. The molecule has 1 heterocycles. The summed E-state index contributed by atoms with van der Waals surface area (Å²) in [4.78, 5) is 11.9. The number of benzene rings is 1. The molecule has 1 aromatic rings. The van der Waals surface area contributed by atoms with E-state index in [-0.39, 0.29) is 24.6 Å². The Labute approximate surface area is 124 Å². The Kier molecular flexibility index (Phi) is 4.94. The minimum Gasteiger partial charge on any atom is -0.326 e. The molecule has 6 nitrogen and oxygen atoms in total. The fourth-order valence-corrected chi connectivity index (χ4v) is 3.81. The molecular weight excluding hydrogens is 290 g/mol. The van der Waals surface area contributed by atoms with Crippen molar-refractivity contribution in [2.75, 3.05) is 24.2 Å². The summed E-state index contributed by atoms with van der Waals surface area (Å²) in [5, 5.41) is 11.5. The van der Waals surface area contributed by atoms with Crippen molar-refractivity contribution in [3.05, 3.63) is 29.8 Å². The maximum atomic E-state index is 11.9. The topological polar surface area (TPSA) is 90.3 Å². The standard InChI is InChI=1S/C14H17N3O3S/c15-11-12-4-3-5-13(10-12)16-14(18)6-8-17-7-1-2-9-21(17,19)20/h3-5,10H,1-2,6-9H2,(H,16,18). The molecular formula is C14H17N3O3S. The average Bonchev–Trinajstić information content (AvgIpc) is 2.46. The highest BCUT2D eigenvalue weighted by Crippen LogP contribution is 2.14. The number of hydrogen-bond donors (Lipinski definition) is 1. The second-order valence-electron chi connectivity index (χ2n) is 4.91. The van der Waals surface area contributed by atoms with Gasteiger partial charge in [-0.25, -0.2) is 12.7 Å². The van der Waals surface area contributed by atoms with E-state index in [0.717, 1.165) is 6.42 Å². The number of nitrogens with zero attached hydrogens (tertiary/aromatic N) is 2. The van der Waals surface area contributed by atoms with Crippen LogP contribution in [0, 0.1) is 11.3 Å². The molecule has 0 spiro atoms. The van der Waals surface area contributed by atoms with Crippen LogP contribution in [0.2, 0.25) is 0 Å². The first kappa shape index (κ1) is 15.5. The van der Waals surface area contributed by atoms with E-state index in [1.54, 1.807) is 24.3 Å². The summed E-state index contributed by atoms with van der Waals surface area (Å²) in [5.41, 5.74) is 1.01. The molecule has 0 bridgehead atoms. The summed E-state index contributed by atoms with van der Waals surface area (Å²) >= 11 is 0. The number of carbonyl (C=O) groups excluding carboxylic acids is 1. The highest BCUT2D eigenvalue weighted by molar-refractivity contribution is 7.89. The average molecular weight is 307 g/mol. The van der Waals surface area contributed by atoms with E-state index >= 15 is 0 Å². The van der Waals surface area contributed by atoms with Gasteiger partial charge in [-0.15, -0.1) is 0 Å². The van der Waals surface area contributed by atoms with Gasteiger partial charge in [-0.05, 0) is 31.0 Å². The Morgan fingerprint density at radius 2 is 2.19 bits per heavy atom. The van der Waals surface area contributed by atoms with Crippen LogP contribution in [0.5, 0.6) is 0 Å². The monoisotopic (exact) mass is 307 g/mol. The number of carbonyl (C=O) groups is 1. The van der Waals surface area contributed by atoms with Gasteiger partial charge in [0.1, 0.15) is 0 Å². The molecule has 0 aliphatic carbocycles. The van der Waals surface area contributed by atoms with Crippen LogP contribution >= 0.6 is 0 Å². The lowest BCUT2D eigenvalue weighted by molar-refractivity contribution is -0.116.